The zero-order valence-corrected chi connectivity index (χ0v) is 8.00. The number of hydrogen-bond acceptors (Lipinski definition) is 3. The van der Waals surface area contributed by atoms with Gasteiger partial charge in [0.25, 0.3) is 0 Å². The SMILES string of the molecule is O=S(=O)(NS)C1CCCCC1. The van der Waals surface area contributed by atoms with E-state index in [1.807, 2.05) is 0 Å². The van der Waals surface area contributed by atoms with Crippen LogP contribution in [0.15, 0.2) is 0 Å². The van der Waals surface area contributed by atoms with E-state index in [0.717, 1.165) is 25.7 Å². The fourth-order valence-corrected chi connectivity index (χ4v) is 3.00. The molecule has 0 atom stereocenters. The second kappa shape index (κ2) is 3.78. The lowest BCUT2D eigenvalue weighted by molar-refractivity contribution is 0.483. The normalized spacial score (nSPS) is 21.9. The van der Waals surface area contributed by atoms with Crippen LogP contribution in [0.2, 0.25) is 0 Å². The van der Waals surface area contributed by atoms with Crippen LogP contribution in [0.1, 0.15) is 32.1 Å². The molecule has 11 heavy (non-hydrogen) atoms. The lowest BCUT2D eigenvalue weighted by atomic mass is 10.0. The highest BCUT2D eigenvalue weighted by molar-refractivity contribution is 8.00. The van der Waals surface area contributed by atoms with Crippen LogP contribution < -0.4 is 4.13 Å². The summed E-state index contributed by atoms with van der Waals surface area (Å²) in [6, 6.07) is 0. The Morgan fingerprint density at radius 2 is 1.73 bits per heavy atom. The highest BCUT2D eigenvalue weighted by Crippen LogP contribution is 2.22. The molecule has 0 spiro atoms. The molecule has 0 bridgehead atoms. The third kappa shape index (κ3) is 2.35. The van der Waals surface area contributed by atoms with Crippen LogP contribution >= 0.6 is 12.8 Å². The second-order valence-electron chi connectivity index (χ2n) is 2.90. The van der Waals surface area contributed by atoms with E-state index in [9.17, 15) is 8.42 Å². The first kappa shape index (κ1) is 9.35. The molecule has 0 aromatic carbocycles. The molecule has 0 aromatic heterocycles. The van der Waals surface area contributed by atoms with Gasteiger partial charge in [-0.25, -0.2) is 8.42 Å². The summed E-state index contributed by atoms with van der Waals surface area (Å²) >= 11 is 3.57. The molecule has 0 heterocycles. The average molecular weight is 195 g/mol. The molecule has 0 aromatic rings. The zero-order chi connectivity index (χ0) is 8.32. The molecule has 0 saturated heterocycles. The van der Waals surface area contributed by atoms with E-state index in [4.69, 9.17) is 0 Å². The Bertz CT molecular complexity index is 207. The molecule has 1 fully saturated rings. The Morgan fingerprint density at radius 3 is 2.18 bits per heavy atom. The fourth-order valence-electron chi connectivity index (χ4n) is 1.45. The highest BCUT2D eigenvalue weighted by atomic mass is 32.3. The van der Waals surface area contributed by atoms with Gasteiger partial charge in [-0.3, -0.25) is 0 Å². The molecule has 0 unspecified atom stereocenters. The maximum Gasteiger partial charge on any atom is 0.223 e. The van der Waals surface area contributed by atoms with E-state index in [2.05, 4.69) is 16.9 Å². The molecule has 0 aliphatic heterocycles. The molecule has 1 N–H and O–H groups in total. The summed E-state index contributed by atoms with van der Waals surface area (Å²) in [5, 5.41) is -0.200. The third-order valence-corrected chi connectivity index (χ3v) is 4.49. The summed E-state index contributed by atoms with van der Waals surface area (Å²) < 4.78 is 24.4. The minimum absolute atomic E-state index is 0.200. The van der Waals surface area contributed by atoms with Crippen molar-refractivity contribution >= 4 is 22.8 Å². The minimum atomic E-state index is -3.11. The number of thiol groups is 1. The summed E-state index contributed by atoms with van der Waals surface area (Å²) in [6.07, 6.45) is 4.79. The van der Waals surface area contributed by atoms with Crippen molar-refractivity contribution in [2.24, 2.45) is 0 Å². The Morgan fingerprint density at radius 1 is 1.18 bits per heavy atom. The quantitative estimate of drug-likeness (QED) is 0.648. The number of rotatable bonds is 2. The van der Waals surface area contributed by atoms with E-state index >= 15 is 0 Å². The minimum Gasteiger partial charge on any atom is -0.211 e. The van der Waals surface area contributed by atoms with Gasteiger partial charge < -0.3 is 0 Å². The van der Waals surface area contributed by atoms with Crippen molar-refractivity contribution in [3.05, 3.63) is 0 Å². The van der Waals surface area contributed by atoms with Crippen LogP contribution in [0.4, 0.5) is 0 Å². The van der Waals surface area contributed by atoms with Gasteiger partial charge >= 0.3 is 0 Å². The van der Waals surface area contributed by atoms with Crippen molar-refractivity contribution in [1.82, 2.24) is 4.13 Å². The lowest BCUT2D eigenvalue weighted by Gasteiger charge is -2.20. The van der Waals surface area contributed by atoms with Crippen LogP contribution in [-0.2, 0) is 10.0 Å². The summed E-state index contributed by atoms with van der Waals surface area (Å²) in [4.78, 5) is 0. The topological polar surface area (TPSA) is 46.2 Å². The van der Waals surface area contributed by atoms with E-state index in [1.54, 1.807) is 0 Å². The summed E-state index contributed by atoms with van der Waals surface area (Å²) in [5.41, 5.74) is 0. The lowest BCUT2D eigenvalue weighted by Crippen LogP contribution is -2.30. The first-order chi connectivity index (χ1) is 5.17. The van der Waals surface area contributed by atoms with Gasteiger partial charge in [-0.2, -0.15) is 4.13 Å². The predicted octanol–water partition coefficient (Wildman–Crippen LogP) is 1.08. The molecule has 0 amide bonds. The molecule has 3 nitrogen and oxygen atoms in total. The van der Waals surface area contributed by atoms with Crippen LogP contribution in [0.3, 0.4) is 0 Å². The Hall–Kier alpha value is 0.260. The maximum atomic E-state index is 11.2. The van der Waals surface area contributed by atoms with Gasteiger partial charge in [0.1, 0.15) is 0 Å². The van der Waals surface area contributed by atoms with Gasteiger partial charge in [-0.05, 0) is 12.8 Å². The standard InChI is InChI=1S/C6H13NO2S2/c8-11(9,7-10)6-4-2-1-3-5-6/h6-7,10H,1-5H2. The van der Waals surface area contributed by atoms with Crippen LogP contribution in [-0.4, -0.2) is 13.7 Å². The molecule has 66 valence electrons. The van der Waals surface area contributed by atoms with Gasteiger partial charge in [0.05, 0.1) is 5.25 Å². The second-order valence-corrected chi connectivity index (χ2v) is 5.38. The Kier molecular flexibility index (Phi) is 3.21. The van der Waals surface area contributed by atoms with Crippen molar-refractivity contribution in [1.29, 1.82) is 0 Å². The Balaban J connectivity index is 2.58. The summed E-state index contributed by atoms with van der Waals surface area (Å²) in [6.45, 7) is 0. The van der Waals surface area contributed by atoms with Crippen molar-refractivity contribution < 1.29 is 8.42 Å². The maximum absolute atomic E-state index is 11.2. The van der Waals surface area contributed by atoms with Crippen molar-refractivity contribution in [2.75, 3.05) is 0 Å². The van der Waals surface area contributed by atoms with E-state index in [1.165, 1.54) is 6.42 Å². The summed E-state index contributed by atoms with van der Waals surface area (Å²) in [5.74, 6) is 0. The van der Waals surface area contributed by atoms with E-state index < -0.39 is 10.0 Å². The monoisotopic (exact) mass is 195 g/mol. The van der Waals surface area contributed by atoms with E-state index in [0.29, 0.717) is 0 Å². The van der Waals surface area contributed by atoms with Crippen LogP contribution in [0.25, 0.3) is 0 Å². The summed E-state index contributed by atoms with van der Waals surface area (Å²) in [7, 11) is -3.11. The van der Waals surface area contributed by atoms with Crippen molar-refractivity contribution in [3.8, 4) is 0 Å². The van der Waals surface area contributed by atoms with Gasteiger partial charge in [-0.15, -0.1) is 0 Å². The molecule has 0 radical (unpaired) electrons. The number of nitrogens with one attached hydrogen (secondary N) is 1. The van der Waals surface area contributed by atoms with Gasteiger partial charge in [-0.1, -0.05) is 32.1 Å². The molecule has 5 heteroatoms. The van der Waals surface area contributed by atoms with Gasteiger partial charge in [0, 0.05) is 0 Å². The number of sulfonamides is 1. The molecular weight excluding hydrogens is 182 g/mol. The van der Waals surface area contributed by atoms with Gasteiger partial charge in [0.2, 0.25) is 10.0 Å². The first-order valence-electron chi connectivity index (χ1n) is 3.81. The molecule has 1 aliphatic carbocycles. The highest BCUT2D eigenvalue weighted by Gasteiger charge is 2.25. The molecule has 1 rings (SSSR count). The van der Waals surface area contributed by atoms with Crippen molar-refractivity contribution in [3.63, 3.8) is 0 Å². The molecular formula is C6H13NO2S2. The number of hydrogen-bond donors (Lipinski definition) is 2. The van der Waals surface area contributed by atoms with Gasteiger partial charge in [0.15, 0.2) is 0 Å². The van der Waals surface area contributed by atoms with E-state index in [-0.39, 0.29) is 5.25 Å². The first-order valence-corrected chi connectivity index (χ1v) is 5.81. The Labute approximate surface area is 73.2 Å². The third-order valence-electron chi connectivity index (χ3n) is 2.12. The predicted molar refractivity (Wildman–Crippen MR) is 47.9 cm³/mol. The zero-order valence-electron chi connectivity index (χ0n) is 6.28. The molecule has 1 aliphatic rings. The van der Waals surface area contributed by atoms with Crippen LogP contribution in [0, 0.1) is 0 Å². The average Bonchev–Trinajstić information content (AvgIpc) is 2.06. The smallest absolute Gasteiger partial charge is 0.211 e. The van der Waals surface area contributed by atoms with Crippen LogP contribution in [0.5, 0.6) is 0 Å². The largest absolute Gasteiger partial charge is 0.223 e. The fraction of sp³-hybridized carbons (Fsp3) is 1.00. The van der Waals surface area contributed by atoms with Crippen molar-refractivity contribution in [2.45, 2.75) is 37.4 Å². The molecule has 1 saturated carbocycles.